The Kier molecular flexibility index (Phi) is 7.41. The van der Waals surface area contributed by atoms with Gasteiger partial charge in [-0.1, -0.05) is 56.3 Å². The summed E-state index contributed by atoms with van der Waals surface area (Å²) in [5, 5.41) is 4.67. The molecule has 8 heteroatoms. The zero-order valence-corrected chi connectivity index (χ0v) is 20.7. The molecule has 2 aromatic heterocycles. The molecule has 2 heterocycles. The van der Waals surface area contributed by atoms with Crippen molar-refractivity contribution in [3.8, 4) is 16.9 Å². The van der Waals surface area contributed by atoms with Gasteiger partial charge in [-0.15, -0.1) is 11.3 Å². The topological polar surface area (TPSA) is 67.2 Å². The number of nitrogens with one attached hydrogen (secondary N) is 1. The number of halogens is 1. The van der Waals surface area contributed by atoms with Crippen molar-refractivity contribution in [3.63, 3.8) is 0 Å². The summed E-state index contributed by atoms with van der Waals surface area (Å²) < 4.78 is 16.0. The lowest BCUT2D eigenvalue weighted by atomic mass is 10.2. The van der Waals surface area contributed by atoms with Crippen LogP contribution in [0.2, 0.25) is 0 Å². The number of benzene rings is 2. The molecule has 0 aliphatic carbocycles. The quantitative estimate of drug-likeness (QED) is 0.340. The van der Waals surface area contributed by atoms with Gasteiger partial charge in [0.1, 0.15) is 12.4 Å². The second kappa shape index (κ2) is 10.7. The van der Waals surface area contributed by atoms with Gasteiger partial charge in [-0.3, -0.25) is 19.5 Å². The van der Waals surface area contributed by atoms with Crippen LogP contribution in [0.15, 0.2) is 72.2 Å². The molecule has 6 nitrogen and oxygen atoms in total. The van der Waals surface area contributed by atoms with E-state index in [4.69, 9.17) is 0 Å². The lowest BCUT2D eigenvalue weighted by Gasteiger charge is -2.23. The molecule has 180 valence electrons. The molecule has 0 atom stereocenters. The van der Waals surface area contributed by atoms with Crippen LogP contribution in [-0.4, -0.2) is 39.4 Å². The van der Waals surface area contributed by atoms with Crippen molar-refractivity contribution in [2.45, 2.75) is 20.8 Å². The average molecular weight is 491 g/mol. The summed E-state index contributed by atoms with van der Waals surface area (Å²) in [6.45, 7) is 6.01. The molecule has 35 heavy (non-hydrogen) atoms. The summed E-state index contributed by atoms with van der Waals surface area (Å²) in [5.41, 5.74) is 2.56. The maximum atomic E-state index is 14.3. The van der Waals surface area contributed by atoms with Crippen LogP contribution in [0.25, 0.3) is 16.9 Å². The van der Waals surface area contributed by atoms with Crippen LogP contribution in [0.3, 0.4) is 0 Å². The Labute approximate surface area is 208 Å². The van der Waals surface area contributed by atoms with Crippen molar-refractivity contribution in [1.82, 2.24) is 14.5 Å². The molecule has 1 N–H and O–H groups in total. The van der Waals surface area contributed by atoms with Crippen molar-refractivity contribution < 1.29 is 14.0 Å². The Bertz CT molecular complexity index is 1320. The van der Waals surface area contributed by atoms with E-state index in [1.165, 1.54) is 17.4 Å². The average Bonchev–Trinajstić information content (AvgIpc) is 3.51. The fourth-order valence-electron chi connectivity index (χ4n) is 3.70. The van der Waals surface area contributed by atoms with Gasteiger partial charge in [0, 0.05) is 18.3 Å². The standard InChI is InChI=1S/C27H27FN4O2S/c1-18(2)15-31(26(34)24-10-7-13-35-24)17-25(33)30-27-29-23(20-8-5-4-6-9-20)16-32(27)21-12-11-19(3)22(28)14-21/h4-14,16,18H,15,17H2,1-3H3,(H,29,30,33). The van der Waals surface area contributed by atoms with Crippen LogP contribution in [-0.2, 0) is 4.79 Å². The first kappa shape index (κ1) is 24.3. The first-order chi connectivity index (χ1) is 16.8. The Morgan fingerprint density at radius 1 is 1.11 bits per heavy atom. The molecule has 4 aromatic rings. The maximum Gasteiger partial charge on any atom is 0.264 e. The second-order valence-corrected chi connectivity index (χ2v) is 9.67. The van der Waals surface area contributed by atoms with Crippen LogP contribution in [0.4, 0.5) is 10.3 Å². The van der Waals surface area contributed by atoms with Gasteiger partial charge in [0.25, 0.3) is 5.91 Å². The van der Waals surface area contributed by atoms with E-state index in [-0.39, 0.29) is 36.0 Å². The number of rotatable bonds is 8. The molecule has 0 bridgehead atoms. The third kappa shape index (κ3) is 5.84. The highest BCUT2D eigenvalue weighted by Crippen LogP contribution is 2.25. The lowest BCUT2D eigenvalue weighted by molar-refractivity contribution is -0.117. The molecular formula is C27H27FN4O2S. The molecule has 0 aliphatic heterocycles. The maximum absolute atomic E-state index is 14.3. The highest BCUT2D eigenvalue weighted by atomic mass is 32.1. The minimum atomic E-state index is -0.380. The van der Waals surface area contributed by atoms with Gasteiger partial charge in [0.15, 0.2) is 0 Å². The predicted molar refractivity (Wildman–Crippen MR) is 137 cm³/mol. The number of hydrogen-bond donors (Lipinski definition) is 1. The zero-order valence-electron chi connectivity index (χ0n) is 19.9. The molecule has 0 aliphatic rings. The molecule has 2 aromatic carbocycles. The summed E-state index contributed by atoms with van der Waals surface area (Å²) in [4.78, 5) is 32.8. The van der Waals surface area contributed by atoms with E-state index in [0.29, 0.717) is 28.4 Å². The smallest absolute Gasteiger partial charge is 0.264 e. The number of aromatic nitrogens is 2. The van der Waals surface area contributed by atoms with Gasteiger partial charge in [-0.05, 0) is 42.0 Å². The number of imidazole rings is 1. The van der Waals surface area contributed by atoms with Gasteiger partial charge in [0.2, 0.25) is 11.9 Å². The van der Waals surface area contributed by atoms with Gasteiger partial charge in [-0.2, -0.15) is 0 Å². The Morgan fingerprint density at radius 2 is 1.89 bits per heavy atom. The number of thiophene rings is 1. The number of amides is 2. The summed E-state index contributed by atoms with van der Waals surface area (Å²) in [7, 11) is 0. The van der Waals surface area contributed by atoms with Crippen molar-refractivity contribution in [3.05, 3.63) is 88.5 Å². The SMILES string of the molecule is Cc1ccc(-n2cc(-c3ccccc3)nc2NC(=O)CN(CC(C)C)C(=O)c2cccs2)cc1F. The van der Waals surface area contributed by atoms with Gasteiger partial charge in [-0.25, -0.2) is 9.37 Å². The Hall–Kier alpha value is -3.78. The van der Waals surface area contributed by atoms with Crippen molar-refractivity contribution in [2.24, 2.45) is 5.92 Å². The lowest BCUT2D eigenvalue weighted by Crippen LogP contribution is -2.40. The molecule has 0 saturated carbocycles. The van der Waals surface area contributed by atoms with Crippen molar-refractivity contribution in [2.75, 3.05) is 18.4 Å². The van der Waals surface area contributed by atoms with Crippen LogP contribution in [0.5, 0.6) is 0 Å². The number of anilines is 1. The molecule has 0 unspecified atom stereocenters. The van der Waals surface area contributed by atoms with E-state index in [9.17, 15) is 14.0 Å². The largest absolute Gasteiger partial charge is 0.328 e. The third-order valence-corrected chi connectivity index (χ3v) is 6.26. The normalized spacial score (nSPS) is 11.0. The third-order valence-electron chi connectivity index (χ3n) is 5.40. The molecule has 4 rings (SSSR count). The van der Waals surface area contributed by atoms with Crippen molar-refractivity contribution in [1.29, 1.82) is 0 Å². The zero-order chi connectivity index (χ0) is 24.9. The van der Waals surface area contributed by atoms with Gasteiger partial charge >= 0.3 is 0 Å². The first-order valence-electron chi connectivity index (χ1n) is 11.4. The van der Waals surface area contributed by atoms with E-state index < -0.39 is 0 Å². The highest BCUT2D eigenvalue weighted by molar-refractivity contribution is 7.12. The first-order valence-corrected chi connectivity index (χ1v) is 12.2. The van der Waals surface area contributed by atoms with E-state index in [2.05, 4.69) is 10.3 Å². The van der Waals surface area contributed by atoms with Gasteiger partial charge < -0.3 is 4.90 Å². The fourth-order valence-corrected chi connectivity index (χ4v) is 4.39. The summed E-state index contributed by atoms with van der Waals surface area (Å²) in [6, 6.07) is 18.0. The van der Waals surface area contributed by atoms with E-state index >= 15 is 0 Å². The number of hydrogen-bond acceptors (Lipinski definition) is 4. The van der Waals surface area contributed by atoms with Crippen LogP contribution >= 0.6 is 11.3 Å². The van der Waals surface area contributed by atoms with E-state index in [1.54, 1.807) is 40.8 Å². The summed E-state index contributed by atoms with van der Waals surface area (Å²) in [5.74, 6) is -0.467. The van der Waals surface area contributed by atoms with Crippen LogP contribution < -0.4 is 5.32 Å². The fraction of sp³-hybridized carbons (Fsp3) is 0.222. The summed E-state index contributed by atoms with van der Waals surface area (Å²) in [6.07, 6.45) is 1.76. The minimum Gasteiger partial charge on any atom is -0.328 e. The Morgan fingerprint density at radius 3 is 2.54 bits per heavy atom. The molecule has 0 spiro atoms. The number of carbonyl (C=O) groups is 2. The van der Waals surface area contributed by atoms with Crippen LogP contribution in [0.1, 0.15) is 29.1 Å². The highest BCUT2D eigenvalue weighted by Gasteiger charge is 2.22. The molecular weight excluding hydrogens is 463 g/mol. The van der Waals surface area contributed by atoms with Gasteiger partial charge in [0.05, 0.1) is 16.3 Å². The Balaban J connectivity index is 1.63. The summed E-state index contributed by atoms with van der Waals surface area (Å²) >= 11 is 1.35. The van der Waals surface area contributed by atoms with Crippen LogP contribution in [0, 0.1) is 18.7 Å². The number of nitrogens with zero attached hydrogens (tertiary/aromatic N) is 3. The molecule has 0 saturated heterocycles. The van der Waals surface area contributed by atoms with Crippen molar-refractivity contribution >= 4 is 29.1 Å². The monoisotopic (exact) mass is 490 g/mol. The van der Waals surface area contributed by atoms with E-state index in [1.807, 2.05) is 55.6 Å². The number of aryl methyl sites for hydroxylation is 1. The molecule has 2 amide bonds. The van der Waals surface area contributed by atoms with E-state index in [0.717, 1.165) is 5.56 Å². The number of carbonyl (C=O) groups excluding carboxylic acids is 2. The molecule has 0 fully saturated rings. The second-order valence-electron chi connectivity index (χ2n) is 8.72. The molecule has 0 radical (unpaired) electrons. The minimum absolute atomic E-state index is 0.120. The predicted octanol–water partition coefficient (Wildman–Crippen LogP) is 5.79.